The summed E-state index contributed by atoms with van der Waals surface area (Å²) in [5, 5.41) is 7.66. The molecule has 22 heavy (non-hydrogen) atoms. The smallest absolute Gasteiger partial charge is 0.279 e. The monoisotopic (exact) mass is 306 g/mol. The molecule has 1 aliphatic rings. The third kappa shape index (κ3) is 3.55. The van der Waals surface area contributed by atoms with E-state index in [0.29, 0.717) is 19.6 Å². The van der Waals surface area contributed by atoms with Crippen molar-refractivity contribution in [3.8, 4) is 0 Å². The van der Waals surface area contributed by atoms with Crippen molar-refractivity contribution in [1.82, 2.24) is 20.0 Å². The van der Waals surface area contributed by atoms with Crippen molar-refractivity contribution in [2.24, 2.45) is 0 Å². The van der Waals surface area contributed by atoms with Gasteiger partial charge in [-0.1, -0.05) is 27.7 Å². The van der Waals surface area contributed by atoms with Gasteiger partial charge in [0.05, 0.1) is 5.69 Å². The molecule has 6 nitrogen and oxygen atoms in total. The molecule has 2 rings (SSSR count). The Hall–Kier alpha value is -1.69. The molecule has 2 heterocycles. The van der Waals surface area contributed by atoms with Crippen LogP contribution in [0.15, 0.2) is 10.9 Å². The summed E-state index contributed by atoms with van der Waals surface area (Å²) < 4.78 is 1.44. The average Bonchev–Trinajstić information content (AvgIpc) is 2.48. The molecule has 1 aromatic heterocycles. The highest BCUT2D eigenvalue weighted by molar-refractivity contribution is 5.94. The Morgan fingerprint density at radius 2 is 1.95 bits per heavy atom. The number of piperazine rings is 1. The fourth-order valence-corrected chi connectivity index (χ4v) is 2.46. The Balaban J connectivity index is 2.46. The molecule has 0 aliphatic carbocycles. The first kappa shape index (κ1) is 16.7. The number of hydrogen-bond donors (Lipinski definition) is 1. The van der Waals surface area contributed by atoms with Crippen molar-refractivity contribution in [2.45, 2.75) is 46.1 Å². The molecule has 6 heteroatoms. The van der Waals surface area contributed by atoms with Gasteiger partial charge in [-0.05, 0) is 12.5 Å². The maximum Gasteiger partial charge on any atom is 0.279 e. The van der Waals surface area contributed by atoms with Crippen LogP contribution in [0.1, 0.15) is 50.2 Å². The molecule has 1 aliphatic heterocycles. The molecule has 0 atom stereocenters. The third-order valence-electron chi connectivity index (χ3n) is 3.81. The van der Waals surface area contributed by atoms with Crippen LogP contribution in [0.2, 0.25) is 0 Å². The first-order valence-corrected chi connectivity index (χ1v) is 7.97. The SMILES string of the molecule is CCCn1nc(C(C)(C)C)cc(C(=O)N2CCNCC2)c1=O. The summed E-state index contributed by atoms with van der Waals surface area (Å²) in [7, 11) is 0. The maximum atomic E-state index is 12.7. The summed E-state index contributed by atoms with van der Waals surface area (Å²) >= 11 is 0. The lowest BCUT2D eigenvalue weighted by molar-refractivity contribution is 0.0732. The molecule has 1 fully saturated rings. The quantitative estimate of drug-likeness (QED) is 0.904. The minimum Gasteiger partial charge on any atom is -0.336 e. The molecule has 0 unspecified atom stereocenters. The number of carbonyl (C=O) groups is 1. The van der Waals surface area contributed by atoms with Crippen molar-refractivity contribution < 1.29 is 4.79 Å². The predicted molar refractivity (Wildman–Crippen MR) is 86.3 cm³/mol. The summed E-state index contributed by atoms with van der Waals surface area (Å²) in [6.45, 7) is 11.5. The molecule has 1 N–H and O–H groups in total. The number of aromatic nitrogens is 2. The van der Waals surface area contributed by atoms with Gasteiger partial charge < -0.3 is 10.2 Å². The molecule has 0 aromatic carbocycles. The molecule has 0 spiro atoms. The van der Waals surface area contributed by atoms with Crippen LogP contribution in [-0.2, 0) is 12.0 Å². The van der Waals surface area contributed by atoms with Crippen LogP contribution < -0.4 is 10.9 Å². The second-order valence-electron chi connectivity index (χ2n) is 6.76. The van der Waals surface area contributed by atoms with E-state index in [4.69, 9.17) is 0 Å². The number of aryl methyl sites for hydroxylation is 1. The van der Waals surface area contributed by atoms with Crippen molar-refractivity contribution in [1.29, 1.82) is 0 Å². The molecule has 0 radical (unpaired) electrons. The molecule has 1 saturated heterocycles. The van der Waals surface area contributed by atoms with E-state index < -0.39 is 0 Å². The van der Waals surface area contributed by atoms with Crippen LogP contribution in [0.3, 0.4) is 0 Å². The fourth-order valence-electron chi connectivity index (χ4n) is 2.46. The number of amides is 1. The molecule has 122 valence electrons. The van der Waals surface area contributed by atoms with Crippen molar-refractivity contribution in [3.05, 3.63) is 27.7 Å². The van der Waals surface area contributed by atoms with E-state index in [1.54, 1.807) is 11.0 Å². The fraction of sp³-hybridized carbons (Fsp3) is 0.688. The summed E-state index contributed by atoms with van der Waals surface area (Å²) in [6.07, 6.45) is 0.807. The summed E-state index contributed by atoms with van der Waals surface area (Å²) in [6, 6.07) is 1.68. The lowest BCUT2D eigenvalue weighted by atomic mass is 9.91. The van der Waals surface area contributed by atoms with Crippen LogP contribution in [-0.4, -0.2) is 46.8 Å². The van der Waals surface area contributed by atoms with Gasteiger partial charge in [0.25, 0.3) is 11.5 Å². The lowest BCUT2D eigenvalue weighted by Crippen LogP contribution is -2.48. The van der Waals surface area contributed by atoms with Crippen LogP contribution in [0.25, 0.3) is 0 Å². The van der Waals surface area contributed by atoms with Gasteiger partial charge in [0.1, 0.15) is 5.56 Å². The normalized spacial score (nSPS) is 15.9. The Kier molecular flexibility index (Phi) is 5.01. The molecule has 0 bridgehead atoms. The van der Waals surface area contributed by atoms with Gasteiger partial charge in [0.15, 0.2) is 0 Å². The first-order valence-electron chi connectivity index (χ1n) is 7.97. The van der Waals surface area contributed by atoms with E-state index in [2.05, 4.69) is 10.4 Å². The maximum absolute atomic E-state index is 12.7. The summed E-state index contributed by atoms with van der Waals surface area (Å²) in [5.41, 5.74) is 0.537. The Morgan fingerprint density at radius 1 is 1.32 bits per heavy atom. The van der Waals surface area contributed by atoms with E-state index >= 15 is 0 Å². The van der Waals surface area contributed by atoms with Gasteiger partial charge in [-0.25, -0.2) is 4.68 Å². The minimum atomic E-state index is -0.279. The molecule has 0 saturated carbocycles. The van der Waals surface area contributed by atoms with Crippen molar-refractivity contribution in [2.75, 3.05) is 26.2 Å². The van der Waals surface area contributed by atoms with Gasteiger partial charge >= 0.3 is 0 Å². The van der Waals surface area contributed by atoms with Crippen LogP contribution in [0, 0.1) is 0 Å². The second kappa shape index (κ2) is 6.60. The lowest BCUT2D eigenvalue weighted by Gasteiger charge is -2.28. The number of carbonyl (C=O) groups excluding carboxylic acids is 1. The summed E-state index contributed by atoms with van der Waals surface area (Å²) in [5.74, 6) is -0.177. The molecular weight excluding hydrogens is 280 g/mol. The minimum absolute atomic E-state index is 0.177. The third-order valence-corrected chi connectivity index (χ3v) is 3.81. The Bertz CT molecular complexity index is 595. The number of hydrogen-bond acceptors (Lipinski definition) is 4. The first-order chi connectivity index (χ1) is 10.3. The predicted octanol–water partition coefficient (Wildman–Crippen LogP) is 0.996. The molecular formula is C16H26N4O2. The van der Waals surface area contributed by atoms with E-state index in [1.807, 2.05) is 27.7 Å². The van der Waals surface area contributed by atoms with E-state index in [0.717, 1.165) is 25.2 Å². The zero-order valence-corrected chi connectivity index (χ0v) is 14.0. The van der Waals surface area contributed by atoms with E-state index in [1.165, 1.54) is 4.68 Å². The van der Waals surface area contributed by atoms with Gasteiger partial charge in [-0.2, -0.15) is 5.10 Å². The van der Waals surface area contributed by atoms with Gasteiger partial charge in [0.2, 0.25) is 0 Å². The largest absolute Gasteiger partial charge is 0.336 e. The Morgan fingerprint density at radius 3 is 2.50 bits per heavy atom. The molecule has 1 amide bonds. The zero-order valence-electron chi connectivity index (χ0n) is 14.0. The van der Waals surface area contributed by atoms with Crippen LogP contribution in [0.5, 0.6) is 0 Å². The van der Waals surface area contributed by atoms with E-state index in [9.17, 15) is 9.59 Å². The van der Waals surface area contributed by atoms with Crippen LogP contribution >= 0.6 is 0 Å². The van der Waals surface area contributed by atoms with Crippen molar-refractivity contribution in [3.63, 3.8) is 0 Å². The topological polar surface area (TPSA) is 67.2 Å². The van der Waals surface area contributed by atoms with E-state index in [-0.39, 0.29) is 22.4 Å². The van der Waals surface area contributed by atoms with Gasteiger partial charge in [-0.3, -0.25) is 9.59 Å². The molecule has 1 aromatic rings. The standard InChI is InChI=1S/C16H26N4O2/c1-5-8-20-15(22)12(11-13(18-20)16(2,3)4)14(21)19-9-6-17-7-10-19/h11,17H,5-10H2,1-4H3. The highest BCUT2D eigenvalue weighted by atomic mass is 16.2. The second-order valence-corrected chi connectivity index (χ2v) is 6.76. The highest BCUT2D eigenvalue weighted by Gasteiger charge is 2.25. The van der Waals surface area contributed by atoms with Gasteiger partial charge in [0, 0.05) is 38.1 Å². The summed E-state index contributed by atoms with van der Waals surface area (Å²) in [4.78, 5) is 27.0. The van der Waals surface area contributed by atoms with Crippen LogP contribution in [0.4, 0.5) is 0 Å². The van der Waals surface area contributed by atoms with Crippen molar-refractivity contribution >= 4 is 5.91 Å². The number of nitrogens with one attached hydrogen (secondary N) is 1. The number of nitrogens with zero attached hydrogens (tertiary/aromatic N) is 3. The number of rotatable bonds is 3. The average molecular weight is 306 g/mol. The van der Waals surface area contributed by atoms with Gasteiger partial charge in [-0.15, -0.1) is 0 Å². The highest BCUT2D eigenvalue weighted by Crippen LogP contribution is 2.20. The zero-order chi connectivity index (χ0) is 16.3. The Labute approximate surface area is 131 Å².